The maximum atomic E-state index is 12.7. The number of hydrogen-bond acceptors (Lipinski definition) is 11. The molecule has 0 aliphatic rings. The third kappa shape index (κ3) is 31.2. The van der Waals surface area contributed by atoms with Crippen molar-refractivity contribution in [2.45, 2.75) is 156 Å². The van der Waals surface area contributed by atoms with Gasteiger partial charge in [0.1, 0.15) is 13.2 Å². The van der Waals surface area contributed by atoms with Crippen LogP contribution in [0.15, 0.2) is 0 Å². The first-order valence-corrected chi connectivity index (χ1v) is 19.8. The summed E-state index contributed by atoms with van der Waals surface area (Å²) in [5.74, 6) is -0.644. The third-order valence-corrected chi connectivity index (χ3v) is 7.83. The monoisotopic (exact) mass is 743 g/mol. The topological polar surface area (TPSA) is 176 Å². The van der Waals surface area contributed by atoms with Gasteiger partial charge in [0.2, 0.25) is 0 Å². The molecule has 0 rings (SSSR count). The average molecular weight is 744 g/mol. The largest absolute Gasteiger partial charge is 0.466 e. The van der Waals surface area contributed by atoms with Crippen molar-refractivity contribution in [1.29, 1.82) is 0 Å². The Morgan fingerprint density at radius 1 is 0.423 bits per heavy atom. The molecule has 0 saturated heterocycles. The molecule has 0 aliphatic heterocycles. The molecule has 0 unspecified atom stereocenters. The highest BCUT2D eigenvalue weighted by molar-refractivity contribution is 5.90. The summed E-state index contributed by atoms with van der Waals surface area (Å²) in [6.07, 6.45) is 14.8. The summed E-state index contributed by atoms with van der Waals surface area (Å²) in [5, 5.41) is 5.49. The number of ether oxygens (including phenoxy) is 5. The molecule has 302 valence electrons. The zero-order valence-electron chi connectivity index (χ0n) is 32.4. The molecule has 0 spiro atoms. The number of esters is 3. The summed E-state index contributed by atoms with van der Waals surface area (Å²) < 4.78 is 25.5. The first kappa shape index (κ1) is 48.4. The van der Waals surface area contributed by atoms with E-state index in [-0.39, 0.29) is 50.7 Å². The van der Waals surface area contributed by atoms with Crippen LogP contribution in [0, 0.1) is 0 Å². The highest BCUT2D eigenvalue weighted by atomic mass is 16.6. The van der Waals surface area contributed by atoms with Gasteiger partial charge in [-0.1, -0.05) is 78.6 Å². The van der Waals surface area contributed by atoms with Gasteiger partial charge in [-0.3, -0.25) is 14.4 Å². The summed E-state index contributed by atoms with van der Waals surface area (Å²) in [4.78, 5) is 73.2. The fraction of sp³-hybridized carbons (Fsp3) is 0.842. The molecule has 0 aliphatic carbocycles. The third-order valence-electron chi connectivity index (χ3n) is 7.83. The van der Waals surface area contributed by atoms with Gasteiger partial charge in [-0.2, -0.15) is 0 Å². The van der Waals surface area contributed by atoms with Gasteiger partial charge >= 0.3 is 36.1 Å². The number of hydrogen-bond donors (Lipinski definition) is 2. The van der Waals surface area contributed by atoms with Crippen molar-refractivity contribution in [2.75, 3.05) is 52.7 Å². The van der Waals surface area contributed by atoms with Gasteiger partial charge in [-0.25, -0.2) is 19.3 Å². The number of carbonyl (C=O) groups excluding carboxylic acids is 6. The molecule has 14 nitrogen and oxygen atoms in total. The predicted octanol–water partition coefficient (Wildman–Crippen LogP) is 7.74. The Morgan fingerprint density at radius 2 is 0.808 bits per heavy atom. The lowest BCUT2D eigenvalue weighted by atomic mass is 10.1. The summed E-state index contributed by atoms with van der Waals surface area (Å²) in [7, 11) is 0. The molecule has 0 aromatic heterocycles. The number of nitrogens with zero attached hydrogens (tertiary/aromatic N) is 1. The van der Waals surface area contributed by atoms with Crippen LogP contribution in [0.5, 0.6) is 0 Å². The van der Waals surface area contributed by atoms with Crippen molar-refractivity contribution in [3.8, 4) is 0 Å². The molecular weight excluding hydrogens is 674 g/mol. The highest BCUT2D eigenvalue weighted by Gasteiger charge is 2.22. The molecule has 14 heteroatoms. The van der Waals surface area contributed by atoms with Crippen LogP contribution in [0.25, 0.3) is 0 Å². The quantitative estimate of drug-likeness (QED) is 0.0382. The van der Waals surface area contributed by atoms with Crippen molar-refractivity contribution in [1.82, 2.24) is 15.5 Å². The second-order valence-corrected chi connectivity index (χ2v) is 12.8. The van der Waals surface area contributed by atoms with Gasteiger partial charge < -0.3 is 34.3 Å². The van der Waals surface area contributed by atoms with Crippen LogP contribution in [0.3, 0.4) is 0 Å². The van der Waals surface area contributed by atoms with E-state index in [1.54, 1.807) is 0 Å². The number of urea groups is 1. The van der Waals surface area contributed by atoms with E-state index < -0.39 is 18.2 Å². The van der Waals surface area contributed by atoms with E-state index >= 15 is 0 Å². The zero-order valence-corrected chi connectivity index (χ0v) is 32.4. The second-order valence-electron chi connectivity index (χ2n) is 12.8. The van der Waals surface area contributed by atoms with Crippen molar-refractivity contribution in [2.24, 2.45) is 0 Å². The van der Waals surface area contributed by atoms with Gasteiger partial charge in [-0.15, -0.1) is 0 Å². The molecule has 2 N–H and O–H groups in total. The first-order chi connectivity index (χ1) is 25.2. The van der Waals surface area contributed by atoms with Gasteiger partial charge in [-0.05, 0) is 57.8 Å². The normalized spacial score (nSPS) is 10.6. The molecule has 0 atom stereocenters. The highest BCUT2D eigenvalue weighted by Crippen LogP contribution is 2.10. The lowest BCUT2D eigenvalue weighted by molar-refractivity contribution is -0.145. The van der Waals surface area contributed by atoms with Crippen LogP contribution in [-0.4, -0.2) is 93.7 Å². The molecule has 0 saturated carbocycles. The minimum atomic E-state index is -0.649. The lowest BCUT2D eigenvalue weighted by Crippen LogP contribution is -2.45. The van der Waals surface area contributed by atoms with Crippen molar-refractivity contribution >= 4 is 36.1 Å². The van der Waals surface area contributed by atoms with Gasteiger partial charge in [0.25, 0.3) is 0 Å². The maximum Gasteiger partial charge on any atom is 0.417 e. The number of carbonyl (C=O) groups is 6. The van der Waals surface area contributed by atoms with Gasteiger partial charge in [0.15, 0.2) is 0 Å². The van der Waals surface area contributed by atoms with Gasteiger partial charge in [0.05, 0.1) is 19.8 Å². The molecule has 52 heavy (non-hydrogen) atoms. The Labute approximate surface area is 312 Å². The second kappa shape index (κ2) is 35.8. The van der Waals surface area contributed by atoms with Crippen molar-refractivity contribution in [3.63, 3.8) is 0 Å². The summed E-state index contributed by atoms with van der Waals surface area (Å²) in [5.41, 5.74) is 0. The molecular formula is C38H69N3O11. The predicted molar refractivity (Wildman–Crippen MR) is 198 cm³/mol. The van der Waals surface area contributed by atoms with E-state index in [0.29, 0.717) is 58.4 Å². The Bertz CT molecular complexity index is 965. The number of rotatable bonds is 33. The maximum absolute atomic E-state index is 12.7. The fourth-order valence-corrected chi connectivity index (χ4v) is 4.93. The van der Waals surface area contributed by atoms with E-state index in [9.17, 15) is 28.8 Å². The summed E-state index contributed by atoms with van der Waals surface area (Å²) in [6.45, 7) is 8.17. The van der Waals surface area contributed by atoms with E-state index in [4.69, 9.17) is 23.7 Å². The number of imide groups is 1. The zero-order chi connectivity index (χ0) is 38.5. The van der Waals surface area contributed by atoms with Crippen LogP contribution >= 0.6 is 0 Å². The Morgan fingerprint density at radius 3 is 1.31 bits per heavy atom. The summed E-state index contributed by atoms with van der Waals surface area (Å²) in [6, 6.07) is -0.463. The Hall–Kier alpha value is -3.58. The Kier molecular flexibility index (Phi) is 33.3. The lowest BCUT2D eigenvalue weighted by Gasteiger charge is -2.21. The molecule has 0 aromatic carbocycles. The first-order valence-electron chi connectivity index (χ1n) is 19.8. The van der Waals surface area contributed by atoms with E-state index in [0.717, 1.165) is 101 Å². The van der Waals surface area contributed by atoms with E-state index in [1.165, 1.54) is 0 Å². The molecule has 0 heterocycles. The molecule has 0 radical (unpaired) electrons. The van der Waals surface area contributed by atoms with Crippen LogP contribution in [-0.2, 0) is 38.1 Å². The number of amides is 4. The molecule has 0 fully saturated rings. The number of unbranched alkanes of at least 4 members (excludes halogenated alkanes) is 12. The van der Waals surface area contributed by atoms with E-state index in [1.807, 2.05) is 20.8 Å². The number of nitrogens with one attached hydrogen (secondary N) is 2. The summed E-state index contributed by atoms with van der Waals surface area (Å²) >= 11 is 0. The minimum absolute atomic E-state index is 0.00380. The SMILES string of the molecule is CCCOC(=O)CCCCCCCNC(=O)OCCOC(=O)CCCCCCCN(C(=O)NCCCCCCCC(=O)OCCC)C(=O)OCCC. The fourth-order valence-electron chi connectivity index (χ4n) is 4.93. The average Bonchev–Trinajstić information content (AvgIpc) is 3.13. The van der Waals surface area contributed by atoms with Crippen molar-refractivity contribution < 1.29 is 52.5 Å². The van der Waals surface area contributed by atoms with Crippen molar-refractivity contribution in [3.05, 3.63) is 0 Å². The van der Waals surface area contributed by atoms with Crippen LogP contribution in [0.1, 0.15) is 156 Å². The molecule has 0 aromatic rings. The Balaban J connectivity index is 3.93. The van der Waals surface area contributed by atoms with Crippen LogP contribution in [0.4, 0.5) is 14.4 Å². The standard InChI is InChI=1S/C38H69N3O11/c1-4-28-48-33(42)22-16-10-7-13-19-25-39-36(45)41(38(47)52-30-6-3)27-21-15-9-12-18-24-35(44)50-31-32-51-37(46)40-26-20-14-8-11-17-23-34(43)49-29-5-2/h4-32H2,1-3H3,(H,39,45)(H,40,46). The van der Waals surface area contributed by atoms with Crippen LogP contribution < -0.4 is 10.6 Å². The smallest absolute Gasteiger partial charge is 0.417 e. The van der Waals surface area contributed by atoms with Gasteiger partial charge in [0, 0.05) is 38.9 Å². The minimum Gasteiger partial charge on any atom is -0.466 e. The van der Waals surface area contributed by atoms with Crippen LogP contribution in [0.2, 0.25) is 0 Å². The molecule has 4 amide bonds. The molecule has 0 bridgehead atoms. The van der Waals surface area contributed by atoms with E-state index in [2.05, 4.69) is 10.6 Å². The number of alkyl carbamates (subject to hydrolysis) is 1.